The van der Waals surface area contributed by atoms with Gasteiger partial charge in [0.25, 0.3) is 5.92 Å². The van der Waals surface area contributed by atoms with Crippen molar-refractivity contribution in [3.8, 4) is 5.75 Å². The zero-order valence-corrected chi connectivity index (χ0v) is 19.0. The van der Waals surface area contributed by atoms with Crippen molar-refractivity contribution in [3.05, 3.63) is 65.0 Å². The Kier molecular flexibility index (Phi) is 7.90. The van der Waals surface area contributed by atoms with E-state index in [0.717, 1.165) is 28.9 Å². The number of fused-ring (bicyclic) bond motifs is 1. The summed E-state index contributed by atoms with van der Waals surface area (Å²) in [7, 11) is 0. The van der Waals surface area contributed by atoms with E-state index in [4.69, 9.17) is 10.5 Å². The van der Waals surface area contributed by atoms with Gasteiger partial charge in [-0.1, -0.05) is 36.5 Å². The number of nitrogens with two attached hydrogens (primary N) is 1. The number of rotatable bonds is 2. The molecule has 0 amide bonds. The van der Waals surface area contributed by atoms with Crippen molar-refractivity contribution in [3.63, 3.8) is 0 Å². The normalized spacial score (nSPS) is 22.4. The molecule has 2 atom stereocenters. The molecule has 8 heteroatoms. The number of piperidine rings is 1. The number of likely N-dealkylation sites (tertiary alicyclic amines) is 1. The van der Waals surface area contributed by atoms with Gasteiger partial charge in [0.15, 0.2) is 0 Å². The molecule has 2 aromatic rings. The first kappa shape index (κ1) is 24.2. The maximum atomic E-state index is 14.2. The highest BCUT2D eigenvalue weighted by Gasteiger charge is 2.44. The Balaban J connectivity index is 0.000000427. The van der Waals surface area contributed by atoms with Crippen molar-refractivity contribution in [2.75, 3.05) is 13.2 Å². The molecule has 2 aliphatic rings. The van der Waals surface area contributed by atoms with Gasteiger partial charge < -0.3 is 10.5 Å². The van der Waals surface area contributed by atoms with Crippen LogP contribution in [0.15, 0.2) is 47.5 Å². The Morgan fingerprint density at radius 3 is 2.56 bits per heavy atom. The standard InChI is InChI=1S/C21H22F3NO.C3H6N2S/c1-14-2-7-17-18(8-11-26-20(17)12-14)25-10-9-21(23,24)13-19(25)15-3-5-16(22)6-4-15;1-3(6)5-2-4/h2-7,12,18-19H,8-11,13H2,1H3;2H,1H3,(H2,4,5,6)/t18-,19-;/m1./s1. The van der Waals surface area contributed by atoms with Crippen LogP contribution in [0.5, 0.6) is 5.75 Å². The summed E-state index contributed by atoms with van der Waals surface area (Å²) in [6.07, 6.45) is 1.56. The molecule has 0 bridgehead atoms. The van der Waals surface area contributed by atoms with E-state index in [-0.39, 0.29) is 24.7 Å². The molecule has 2 aliphatic heterocycles. The van der Waals surface area contributed by atoms with Crippen LogP contribution in [0.25, 0.3) is 0 Å². The Hall–Kier alpha value is -2.45. The first-order chi connectivity index (χ1) is 15.2. The number of hydrogen-bond donors (Lipinski definition) is 1. The first-order valence-electron chi connectivity index (χ1n) is 10.6. The van der Waals surface area contributed by atoms with E-state index >= 15 is 0 Å². The van der Waals surface area contributed by atoms with Crippen molar-refractivity contribution in [1.29, 1.82) is 0 Å². The second kappa shape index (κ2) is 10.4. The van der Waals surface area contributed by atoms with Crippen LogP contribution in [0, 0.1) is 12.7 Å². The third-order valence-electron chi connectivity index (χ3n) is 5.72. The number of ether oxygens (including phenoxy) is 1. The van der Waals surface area contributed by atoms with Gasteiger partial charge in [-0.05, 0) is 43.2 Å². The molecule has 32 heavy (non-hydrogen) atoms. The van der Waals surface area contributed by atoms with Crippen molar-refractivity contribution >= 4 is 23.5 Å². The summed E-state index contributed by atoms with van der Waals surface area (Å²) < 4.78 is 47.5. The number of halogens is 3. The van der Waals surface area contributed by atoms with Gasteiger partial charge in [0, 0.05) is 43.5 Å². The van der Waals surface area contributed by atoms with Gasteiger partial charge in [-0.2, -0.15) is 0 Å². The minimum atomic E-state index is -2.70. The summed E-state index contributed by atoms with van der Waals surface area (Å²) >= 11 is 4.52. The second-order valence-corrected chi connectivity index (χ2v) is 8.70. The van der Waals surface area contributed by atoms with E-state index < -0.39 is 12.0 Å². The lowest BCUT2D eigenvalue weighted by atomic mass is 9.88. The van der Waals surface area contributed by atoms with Gasteiger partial charge in [-0.25, -0.2) is 18.2 Å². The molecule has 0 saturated carbocycles. The molecule has 0 unspecified atom stereocenters. The van der Waals surface area contributed by atoms with Gasteiger partial charge in [-0.15, -0.1) is 0 Å². The topological polar surface area (TPSA) is 50.9 Å². The van der Waals surface area contributed by atoms with Gasteiger partial charge in [0.05, 0.1) is 12.9 Å². The summed E-state index contributed by atoms with van der Waals surface area (Å²) in [6.45, 7) is 4.60. The van der Waals surface area contributed by atoms with Crippen molar-refractivity contribution < 1.29 is 17.9 Å². The lowest BCUT2D eigenvalue weighted by Gasteiger charge is -2.45. The van der Waals surface area contributed by atoms with Crippen LogP contribution in [0.3, 0.4) is 0 Å². The molecule has 0 spiro atoms. The number of nitrogens with zero attached hydrogens (tertiary/aromatic N) is 2. The fourth-order valence-corrected chi connectivity index (χ4v) is 4.31. The van der Waals surface area contributed by atoms with Gasteiger partial charge >= 0.3 is 0 Å². The van der Waals surface area contributed by atoms with E-state index in [1.54, 1.807) is 19.1 Å². The summed E-state index contributed by atoms with van der Waals surface area (Å²) in [5.41, 5.74) is 7.76. The minimum Gasteiger partial charge on any atom is -0.493 e. The smallest absolute Gasteiger partial charge is 0.251 e. The van der Waals surface area contributed by atoms with Crippen molar-refractivity contribution in [1.82, 2.24) is 4.90 Å². The van der Waals surface area contributed by atoms with E-state index in [1.165, 1.54) is 18.5 Å². The molecule has 2 heterocycles. The van der Waals surface area contributed by atoms with E-state index in [1.807, 2.05) is 25.1 Å². The lowest BCUT2D eigenvalue weighted by Crippen LogP contribution is -2.44. The Morgan fingerprint density at radius 1 is 1.22 bits per heavy atom. The monoisotopic (exact) mass is 463 g/mol. The average molecular weight is 464 g/mol. The average Bonchev–Trinajstić information content (AvgIpc) is 2.73. The molecule has 0 aliphatic carbocycles. The molecular weight excluding hydrogens is 435 g/mol. The molecule has 4 rings (SSSR count). The van der Waals surface area contributed by atoms with Crippen LogP contribution in [0.2, 0.25) is 0 Å². The fraction of sp³-hybridized carbons (Fsp3) is 0.417. The Labute approximate surface area is 192 Å². The number of hydrogen-bond acceptors (Lipinski definition) is 3. The third-order valence-corrected chi connectivity index (χ3v) is 5.82. The molecular formula is C24H28F3N3OS. The Morgan fingerprint density at radius 2 is 1.94 bits per heavy atom. The SMILES string of the molecule is CC(=S)N=CN.Cc1ccc2c(c1)OCC[C@H]2N1CCC(F)(F)C[C@@H]1c1ccc(F)cc1. The Bertz CT molecular complexity index is 965. The predicted molar refractivity (Wildman–Crippen MR) is 125 cm³/mol. The molecule has 172 valence electrons. The zero-order valence-electron chi connectivity index (χ0n) is 18.2. The molecule has 2 N–H and O–H groups in total. The second-order valence-electron chi connectivity index (χ2n) is 8.11. The van der Waals surface area contributed by atoms with Crippen LogP contribution in [0.1, 0.15) is 55.0 Å². The number of aryl methyl sites for hydroxylation is 1. The summed E-state index contributed by atoms with van der Waals surface area (Å²) in [5.74, 6) is -2.21. The first-order valence-corrected chi connectivity index (χ1v) is 11.0. The van der Waals surface area contributed by atoms with E-state index in [0.29, 0.717) is 18.1 Å². The van der Waals surface area contributed by atoms with Crippen LogP contribution >= 0.6 is 12.2 Å². The van der Waals surface area contributed by atoms with Crippen molar-refractivity contribution in [2.24, 2.45) is 10.7 Å². The van der Waals surface area contributed by atoms with E-state index in [9.17, 15) is 13.2 Å². The highest BCUT2D eigenvalue weighted by Crippen LogP contribution is 2.47. The van der Waals surface area contributed by atoms with Crippen molar-refractivity contribution in [2.45, 2.75) is 51.1 Å². The highest BCUT2D eigenvalue weighted by atomic mass is 32.1. The van der Waals surface area contributed by atoms with Crippen LogP contribution in [-0.2, 0) is 0 Å². The van der Waals surface area contributed by atoms with Crippen LogP contribution < -0.4 is 10.5 Å². The molecule has 4 nitrogen and oxygen atoms in total. The zero-order chi connectivity index (χ0) is 23.3. The number of benzene rings is 2. The molecule has 1 saturated heterocycles. The van der Waals surface area contributed by atoms with Gasteiger partial charge in [-0.3, -0.25) is 4.90 Å². The summed E-state index contributed by atoms with van der Waals surface area (Å²) in [6, 6.07) is 11.6. The maximum absolute atomic E-state index is 14.2. The predicted octanol–water partition coefficient (Wildman–Crippen LogP) is 5.75. The molecule has 2 aromatic carbocycles. The molecule has 0 radical (unpaired) electrons. The molecule has 1 fully saturated rings. The number of thiocarbonyl (C=S) groups is 1. The van der Waals surface area contributed by atoms with E-state index in [2.05, 4.69) is 22.1 Å². The fourth-order valence-electron chi connectivity index (χ4n) is 4.25. The number of alkyl halides is 2. The van der Waals surface area contributed by atoms with Crippen LogP contribution in [0.4, 0.5) is 13.2 Å². The van der Waals surface area contributed by atoms with Gasteiger partial charge in [0.1, 0.15) is 16.6 Å². The lowest BCUT2D eigenvalue weighted by molar-refractivity contribution is -0.0931. The summed E-state index contributed by atoms with van der Waals surface area (Å²) in [5, 5.41) is 0. The number of aliphatic imine (C=N–C) groups is 1. The summed E-state index contributed by atoms with van der Waals surface area (Å²) in [4.78, 5) is 6.23. The van der Waals surface area contributed by atoms with Gasteiger partial charge in [0.2, 0.25) is 0 Å². The molecule has 0 aromatic heterocycles. The quantitative estimate of drug-likeness (QED) is 0.350. The largest absolute Gasteiger partial charge is 0.493 e. The highest BCUT2D eigenvalue weighted by molar-refractivity contribution is 7.80. The van der Waals surface area contributed by atoms with Crippen LogP contribution in [-0.4, -0.2) is 35.3 Å². The maximum Gasteiger partial charge on any atom is 0.251 e. The minimum absolute atomic E-state index is 0.0329. The third kappa shape index (κ3) is 6.07.